The molecule has 27 heavy (non-hydrogen) atoms. The van der Waals surface area contributed by atoms with Gasteiger partial charge in [0, 0.05) is 49.8 Å². The predicted molar refractivity (Wildman–Crippen MR) is 107 cm³/mol. The highest BCUT2D eigenvalue weighted by molar-refractivity contribution is 7.99. The first-order valence-electron chi connectivity index (χ1n) is 9.23. The molecule has 142 valence electrons. The Kier molecular flexibility index (Phi) is 5.38. The first-order valence-corrected chi connectivity index (χ1v) is 10.4. The zero-order valence-corrected chi connectivity index (χ0v) is 15.9. The van der Waals surface area contributed by atoms with Gasteiger partial charge in [0.2, 0.25) is 5.88 Å². The number of piperazine rings is 1. The molecule has 6 nitrogen and oxygen atoms in total. The number of aromatic hydroxyl groups is 1. The maximum absolute atomic E-state index is 12.9. The summed E-state index contributed by atoms with van der Waals surface area (Å²) in [4.78, 5) is 21.1. The summed E-state index contributed by atoms with van der Waals surface area (Å²) in [5.74, 6) is 2.90. The number of phenols is 1. The first kappa shape index (κ1) is 18.0. The normalized spacial score (nSPS) is 19.9. The number of carbonyl (C=O) groups is 1. The monoisotopic (exact) mass is 385 g/mol. The number of carbonyl (C=O) groups excluding carboxylic acids is 1. The van der Waals surface area contributed by atoms with Crippen LogP contribution in [0.3, 0.4) is 0 Å². The Morgan fingerprint density at radius 3 is 2.74 bits per heavy atom. The van der Waals surface area contributed by atoms with Gasteiger partial charge in [-0.15, -0.1) is 0 Å². The molecule has 1 atom stereocenters. The van der Waals surface area contributed by atoms with E-state index < -0.39 is 0 Å². The number of phenolic OH excluding ortho intramolecular Hbond substituents is 1. The van der Waals surface area contributed by atoms with Crippen LogP contribution in [-0.4, -0.2) is 64.7 Å². The van der Waals surface area contributed by atoms with Crippen molar-refractivity contribution in [3.63, 3.8) is 0 Å². The summed E-state index contributed by atoms with van der Waals surface area (Å²) in [7, 11) is 0. The second-order valence-electron chi connectivity index (χ2n) is 6.75. The molecular weight excluding hydrogens is 362 g/mol. The van der Waals surface area contributed by atoms with Crippen molar-refractivity contribution < 1.29 is 14.6 Å². The maximum atomic E-state index is 12.9. The van der Waals surface area contributed by atoms with Crippen molar-refractivity contribution in [1.29, 1.82) is 0 Å². The highest BCUT2D eigenvalue weighted by atomic mass is 32.2. The SMILES string of the molecule is O=C(c1ccnc(OC2CCSC2)c1)N1CCN(c2ccccc2O)CC1. The van der Waals surface area contributed by atoms with Crippen molar-refractivity contribution in [2.24, 2.45) is 0 Å². The topological polar surface area (TPSA) is 65.9 Å². The van der Waals surface area contributed by atoms with Crippen molar-refractivity contribution in [2.75, 3.05) is 42.6 Å². The van der Waals surface area contributed by atoms with Crippen LogP contribution in [-0.2, 0) is 0 Å². The van der Waals surface area contributed by atoms with Gasteiger partial charge in [-0.05, 0) is 30.4 Å². The van der Waals surface area contributed by atoms with Crippen molar-refractivity contribution in [3.8, 4) is 11.6 Å². The molecule has 0 spiro atoms. The lowest BCUT2D eigenvalue weighted by Gasteiger charge is -2.36. The fraction of sp³-hybridized carbons (Fsp3) is 0.400. The number of nitrogens with zero attached hydrogens (tertiary/aromatic N) is 3. The molecule has 2 aromatic rings. The van der Waals surface area contributed by atoms with E-state index in [1.165, 1.54) is 0 Å². The molecule has 1 aromatic carbocycles. The lowest BCUT2D eigenvalue weighted by molar-refractivity contribution is 0.0745. The van der Waals surface area contributed by atoms with Crippen molar-refractivity contribution in [1.82, 2.24) is 9.88 Å². The van der Waals surface area contributed by atoms with Crippen molar-refractivity contribution in [3.05, 3.63) is 48.2 Å². The minimum absolute atomic E-state index is 0.0000180. The van der Waals surface area contributed by atoms with Crippen LogP contribution >= 0.6 is 11.8 Å². The van der Waals surface area contributed by atoms with Gasteiger partial charge >= 0.3 is 0 Å². The third-order valence-corrected chi connectivity index (χ3v) is 6.08. The molecule has 4 rings (SSSR count). The summed E-state index contributed by atoms with van der Waals surface area (Å²) in [5.41, 5.74) is 1.43. The number of para-hydroxylation sites is 2. The van der Waals surface area contributed by atoms with Gasteiger partial charge in [0.15, 0.2) is 0 Å². The molecule has 1 amide bonds. The molecule has 0 bridgehead atoms. The van der Waals surface area contributed by atoms with Crippen LogP contribution in [0.1, 0.15) is 16.8 Å². The summed E-state index contributed by atoms with van der Waals surface area (Å²) in [6, 6.07) is 10.8. The summed E-state index contributed by atoms with van der Waals surface area (Å²) >= 11 is 1.88. The smallest absolute Gasteiger partial charge is 0.254 e. The van der Waals surface area contributed by atoms with E-state index >= 15 is 0 Å². The van der Waals surface area contributed by atoms with E-state index in [0.717, 1.165) is 23.6 Å². The fourth-order valence-corrected chi connectivity index (χ4v) is 4.54. The number of amides is 1. The number of pyridine rings is 1. The molecule has 0 radical (unpaired) electrons. The number of anilines is 1. The summed E-state index contributed by atoms with van der Waals surface area (Å²) in [5, 5.41) is 10.0. The van der Waals surface area contributed by atoms with Gasteiger partial charge < -0.3 is 19.6 Å². The third-order valence-electron chi connectivity index (χ3n) is 4.95. The Bertz CT molecular complexity index is 803. The molecule has 1 unspecified atom stereocenters. The molecule has 2 saturated heterocycles. The van der Waals surface area contributed by atoms with Crippen LogP contribution in [0.5, 0.6) is 11.6 Å². The molecule has 1 N–H and O–H groups in total. The van der Waals surface area contributed by atoms with Crippen molar-refractivity contribution in [2.45, 2.75) is 12.5 Å². The molecular formula is C20H23N3O3S. The van der Waals surface area contributed by atoms with Gasteiger partial charge in [-0.2, -0.15) is 11.8 Å². The fourth-order valence-electron chi connectivity index (χ4n) is 3.45. The summed E-state index contributed by atoms with van der Waals surface area (Å²) < 4.78 is 5.90. The third kappa shape index (κ3) is 4.13. The molecule has 1 aromatic heterocycles. The number of aromatic nitrogens is 1. The molecule has 2 fully saturated rings. The Hall–Kier alpha value is -2.41. The lowest BCUT2D eigenvalue weighted by Crippen LogP contribution is -2.48. The lowest BCUT2D eigenvalue weighted by atomic mass is 10.2. The summed E-state index contributed by atoms with van der Waals surface area (Å²) in [6.45, 7) is 2.62. The zero-order chi connectivity index (χ0) is 18.6. The molecule has 0 aliphatic carbocycles. The van der Waals surface area contributed by atoms with E-state index in [2.05, 4.69) is 9.88 Å². The Labute approximate surface area is 163 Å². The highest BCUT2D eigenvalue weighted by Gasteiger charge is 2.24. The molecule has 2 aliphatic heterocycles. The van der Waals surface area contributed by atoms with E-state index in [1.807, 2.05) is 34.9 Å². The highest BCUT2D eigenvalue weighted by Crippen LogP contribution is 2.27. The van der Waals surface area contributed by atoms with Crippen molar-refractivity contribution >= 4 is 23.4 Å². The van der Waals surface area contributed by atoms with Gasteiger partial charge in [-0.3, -0.25) is 4.79 Å². The Morgan fingerprint density at radius 2 is 2.00 bits per heavy atom. The van der Waals surface area contributed by atoms with E-state index in [1.54, 1.807) is 24.4 Å². The first-order chi connectivity index (χ1) is 13.2. The Morgan fingerprint density at radius 1 is 1.19 bits per heavy atom. The minimum atomic E-state index is -0.0000180. The minimum Gasteiger partial charge on any atom is -0.506 e. The largest absolute Gasteiger partial charge is 0.506 e. The number of thioether (sulfide) groups is 1. The van der Waals surface area contributed by atoms with Crippen LogP contribution in [0, 0.1) is 0 Å². The van der Waals surface area contributed by atoms with Gasteiger partial charge in [0.1, 0.15) is 11.9 Å². The number of hydrogen-bond acceptors (Lipinski definition) is 6. The average molecular weight is 385 g/mol. The average Bonchev–Trinajstić information content (AvgIpc) is 3.21. The number of benzene rings is 1. The second-order valence-corrected chi connectivity index (χ2v) is 7.90. The van der Waals surface area contributed by atoms with Crippen LogP contribution in [0.2, 0.25) is 0 Å². The van der Waals surface area contributed by atoms with Crippen LogP contribution < -0.4 is 9.64 Å². The van der Waals surface area contributed by atoms with E-state index in [0.29, 0.717) is 37.6 Å². The van der Waals surface area contributed by atoms with Gasteiger partial charge in [0.25, 0.3) is 5.91 Å². The standard InChI is InChI=1S/C20H23N3O3S/c24-18-4-2-1-3-17(18)22-8-10-23(11-9-22)20(25)15-5-7-21-19(13-15)26-16-6-12-27-14-16/h1-5,7,13,16,24H,6,8-12,14H2. The molecule has 7 heteroatoms. The molecule has 3 heterocycles. The van der Waals surface area contributed by atoms with E-state index in [-0.39, 0.29) is 17.8 Å². The second kappa shape index (κ2) is 8.08. The number of ether oxygens (including phenoxy) is 1. The zero-order valence-electron chi connectivity index (χ0n) is 15.1. The predicted octanol–water partition coefficient (Wildman–Crippen LogP) is 2.63. The quantitative estimate of drug-likeness (QED) is 0.873. The Balaban J connectivity index is 1.38. The number of hydrogen-bond donors (Lipinski definition) is 1. The van der Waals surface area contributed by atoms with Gasteiger partial charge in [-0.1, -0.05) is 12.1 Å². The van der Waals surface area contributed by atoms with E-state index in [9.17, 15) is 9.90 Å². The van der Waals surface area contributed by atoms with Crippen LogP contribution in [0.25, 0.3) is 0 Å². The molecule has 2 aliphatic rings. The van der Waals surface area contributed by atoms with Crippen LogP contribution in [0.15, 0.2) is 42.6 Å². The van der Waals surface area contributed by atoms with Gasteiger partial charge in [-0.25, -0.2) is 4.98 Å². The van der Waals surface area contributed by atoms with E-state index in [4.69, 9.17) is 4.74 Å². The maximum Gasteiger partial charge on any atom is 0.254 e. The number of rotatable bonds is 4. The summed E-state index contributed by atoms with van der Waals surface area (Å²) in [6.07, 6.45) is 2.86. The van der Waals surface area contributed by atoms with Crippen LogP contribution in [0.4, 0.5) is 5.69 Å². The van der Waals surface area contributed by atoms with Gasteiger partial charge in [0.05, 0.1) is 5.69 Å². The molecule has 0 saturated carbocycles.